The van der Waals surface area contributed by atoms with Crippen molar-refractivity contribution in [1.29, 1.82) is 0 Å². The molecule has 3 aromatic carbocycles. The molecule has 9 heterocycles. The summed E-state index contributed by atoms with van der Waals surface area (Å²) in [6.45, 7) is 50.1. The number of nitrogens with two attached hydrogens (primary N) is 4. The number of aromatic amines is 4. The van der Waals surface area contributed by atoms with Crippen LogP contribution in [0.15, 0.2) is 134 Å². The molecular formula is C78H106F4N18. The van der Waals surface area contributed by atoms with E-state index in [2.05, 4.69) is 225 Å². The van der Waals surface area contributed by atoms with Gasteiger partial charge in [0, 0.05) is 52.5 Å². The smallest absolute Gasteiger partial charge is 0.222 e. The quantitative estimate of drug-likeness (QED) is 0.0398. The maximum Gasteiger partial charge on any atom is 0.222 e. The minimum absolute atomic E-state index is 0.0140. The fraction of sp³-hybridized carbons (Fsp3) is 0.410. The molecule has 0 bridgehead atoms. The van der Waals surface area contributed by atoms with Gasteiger partial charge in [0.05, 0.1) is 57.3 Å². The molecule has 12 rings (SSSR count). The van der Waals surface area contributed by atoms with Crippen LogP contribution in [0.25, 0.3) is 43.7 Å². The van der Waals surface area contributed by atoms with Crippen LogP contribution in [0.4, 0.5) is 41.1 Å². The Bertz CT molecular complexity index is 4250. The van der Waals surface area contributed by atoms with Crippen LogP contribution in [0.3, 0.4) is 0 Å². The summed E-state index contributed by atoms with van der Waals surface area (Å²) in [5, 5.41) is 23.7. The van der Waals surface area contributed by atoms with Gasteiger partial charge in [0.15, 0.2) is 0 Å². The van der Waals surface area contributed by atoms with Gasteiger partial charge in [-0.15, -0.1) is 0 Å². The predicted molar refractivity (Wildman–Crippen MR) is 404 cm³/mol. The first-order valence-electron chi connectivity index (χ1n) is 33.1. The van der Waals surface area contributed by atoms with Gasteiger partial charge in [-0.1, -0.05) is 178 Å². The molecule has 0 radical (unpaired) electrons. The molecule has 22 heteroatoms. The standard InChI is InChI=1S/2C11H13FN2.2C11H14N2.C9H13FN2.C9H14N2.C8H12FN3.C8H13N3/c2*1-11(2,3)7-4-9(12)8-6-13-14-10(8)5-7;1-11(2,3)9-5-4-8-7-12-13-10(8)6-9;1-11(2,3)9-6-8-4-5-12-10(8)13-7-9;1-9(2,3)6-4-7(10)12-8(11)5-6;1-9(2,3)7-4-5-11-8(10)6-7;1-8(2,3)5-4-6(9)12-7(10)11-5;1-8(2,3)6-4-5-10-7(9)11-6/h2*4-6H,1-3H3,(H,13,14);2*4-7H,1-3H3,(H,12,13);4-5H,1-3H3,(H2,11,12);4-6H,1-3H3,(H2,10,11);4H,1-3H3,(H2,10,11,12);4-5H,1-3H3,(H2,9,10,11). The van der Waals surface area contributed by atoms with Gasteiger partial charge in [0.1, 0.15) is 28.9 Å². The number of nitrogen functional groups attached to an aromatic ring is 4. The lowest BCUT2D eigenvalue weighted by atomic mass is 9.86. The molecule has 536 valence electrons. The topological polar surface area (TPSA) is 296 Å². The fourth-order valence-electron chi connectivity index (χ4n) is 9.11. The zero-order valence-corrected chi connectivity index (χ0v) is 63.0. The zero-order chi connectivity index (χ0) is 75.3. The van der Waals surface area contributed by atoms with E-state index in [-0.39, 0.29) is 66.7 Å². The maximum absolute atomic E-state index is 13.6. The van der Waals surface area contributed by atoms with Gasteiger partial charge in [0.25, 0.3) is 0 Å². The van der Waals surface area contributed by atoms with E-state index in [4.69, 9.17) is 22.9 Å². The van der Waals surface area contributed by atoms with Crippen LogP contribution < -0.4 is 22.9 Å². The highest BCUT2D eigenvalue weighted by Gasteiger charge is 2.22. The average molecular weight is 1370 g/mol. The van der Waals surface area contributed by atoms with Crippen LogP contribution in [0.5, 0.6) is 0 Å². The molecule has 0 aliphatic heterocycles. The molecule has 0 fully saturated rings. The van der Waals surface area contributed by atoms with Crippen molar-refractivity contribution >= 4 is 67.3 Å². The molecule has 12 aromatic rings. The Labute approximate surface area is 587 Å². The van der Waals surface area contributed by atoms with Gasteiger partial charge in [-0.05, 0) is 139 Å². The summed E-state index contributed by atoms with van der Waals surface area (Å²) >= 11 is 0. The first-order chi connectivity index (χ1) is 45.9. The Morgan fingerprint density at radius 2 is 0.760 bits per heavy atom. The Kier molecular flexibility index (Phi) is 26.2. The summed E-state index contributed by atoms with van der Waals surface area (Å²) in [5.74, 6) is -0.343. The van der Waals surface area contributed by atoms with Crippen LogP contribution in [0.2, 0.25) is 0 Å². The van der Waals surface area contributed by atoms with Crippen LogP contribution in [-0.2, 0) is 43.3 Å². The number of rotatable bonds is 0. The van der Waals surface area contributed by atoms with Crippen molar-refractivity contribution < 1.29 is 17.6 Å². The Morgan fingerprint density at radius 3 is 1.21 bits per heavy atom. The summed E-state index contributed by atoms with van der Waals surface area (Å²) in [4.78, 5) is 30.0. The fourth-order valence-corrected chi connectivity index (χ4v) is 9.11. The molecule has 0 amide bonds. The lowest BCUT2D eigenvalue weighted by molar-refractivity contribution is 0.535. The van der Waals surface area contributed by atoms with E-state index >= 15 is 0 Å². The third kappa shape index (κ3) is 24.8. The van der Waals surface area contributed by atoms with Gasteiger partial charge < -0.3 is 27.9 Å². The second-order valence-electron chi connectivity index (χ2n) is 32.7. The monoisotopic (exact) mass is 1370 g/mol. The van der Waals surface area contributed by atoms with E-state index in [0.29, 0.717) is 28.2 Å². The summed E-state index contributed by atoms with van der Waals surface area (Å²) < 4.78 is 52.6. The number of fused-ring (bicyclic) bond motifs is 4. The van der Waals surface area contributed by atoms with Gasteiger partial charge in [0.2, 0.25) is 23.8 Å². The maximum atomic E-state index is 13.6. The number of halogens is 4. The Hall–Kier alpha value is -9.86. The minimum Gasteiger partial charge on any atom is -0.384 e. The van der Waals surface area contributed by atoms with Crippen LogP contribution >= 0.6 is 0 Å². The molecule has 0 saturated heterocycles. The number of hydrogen-bond donors (Lipinski definition) is 8. The lowest BCUT2D eigenvalue weighted by Gasteiger charge is -2.18. The number of anilines is 4. The second kappa shape index (κ2) is 32.4. The summed E-state index contributed by atoms with van der Waals surface area (Å²) in [5.41, 5.74) is 33.8. The van der Waals surface area contributed by atoms with Crippen LogP contribution in [0.1, 0.15) is 211 Å². The van der Waals surface area contributed by atoms with E-state index in [1.807, 2.05) is 90.5 Å². The molecule has 0 saturated carbocycles. The van der Waals surface area contributed by atoms with Gasteiger partial charge in [-0.25, -0.2) is 38.7 Å². The molecule has 0 aliphatic rings. The molecule has 100 heavy (non-hydrogen) atoms. The number of hydrogen-bond acceptors (Lipinski definition) is 14. The SMILES string of the molecule is CC(C)(C)c1cc(F)c2cn[nH]c2c1.CC(C)(C)c1cc(F)c2cn[nH]c2c1.CC(C)(C)c1cc(F)nc(N)n1.CC(C)(C)c1cc(N)nc(F)c1.CC(C)(C)c1ccc2cn[nH]c2c1.CC(C)(C)c1ccnc(N)c1.CC(C)(C)c1ccnc(N)n1.CC(C)(C)c1cnc2[nH]ccc2c1. The third-order valence-corrected chi connectivity index (χ3v) is 15.6. The van der Waals surface area contributed by atoms with E-state index in [1.54, 1.807) is 30.6 Å². The predicted octanol–water partition coefficient (Wildman–Crippen LogP) is 18.6. The normalized spacial score (nSPS) is 12.0. The largest absolute Gasteiger partial charge is 0.384 e. The second-order valence-corrected chi connectivity index (χ2v) is 32.7. The minimum atomic E-state index is -0.576. The van der Waals surface area contributed by atoms with Crippen LogP contribution in [-0.4, -0.2) is 70.5 Å². The molecule has 0 spiro atoms. The third-order valence-electron chi connectivity index (χ3n) is 15.6. The number of H-pyrrole nitrogens is 4. The molecule has 0 aliphatic carbocycles. The van der Waals surface area contributed by atoms with E-state index in [0.717, 1.165) is 44.6 Å². The lowest BCUT2D eigenvalue weighted by Crippen LogP contribution is -2.15. The number of aromatic nitrogens is 14. The van der Waals surface area contributed by atoms with Crippen molar-refractivity contribution in [3.8, 4) is 0 Å². The highest BCUT2D eigenvalue weighted by atomic mass is 19.1. The molecule has 9 aromatic heterocycles. The molecule has 18 nitrogen and oxygen atoms in total. The Balaban J connectivity index is 0.000000206. The molecule has 0 atom stereocenters. The summed E-state index contributed by atoms with van der Waals surface area (Å²) in [6, 6.07) is 28.0. The molecule has 0 unspecified atom stereocenters. The highest BCUT2D eigenvalue weighted by molar-refractivity contribution is 5.81. The molecule has 12 N–H and O–H groups in total. The van der Waals surface area contributed by atoms with Gasteiger partial charge >= 0.3 is 0 Å². The summed E-state index contributed by atoms with van der Waals surface area (Å²) in [7, 11) is 0. The van der Waals surface area contributed by atoms with E-state index in [1.165, 1.54) is 52.0 Å². The van der Waals surface area contributed by atoms with Crippen molar-refractivity contribution in [3.05, 3.63) is 203 Å². The number of pyridine rings is 3. The number of benzene rings is 3. The first kappa shape index (κ1) is 80.8. The first-order valence-corrected chi connectivity index (χ1v) is 33.1. The van der Waals surface area contributed by atoms with Crippen molar-refractivity contribution in [3.63, 3.8) is 0 Å². The number of nitrogens with one attached hydrogen (secondary N) is 4. The zero-order valence-electron chi connectivity index (χ0n) is 63.0. The van der Waals surface area contributed by atoms with E-state index in [9.17, 15) is 17.6 Å². The van der Waals surface area contributed by atoms with Crippen LogP contribution in [0, 0.1) is 23.5 Å². The average Bonchev–Trinajstić information content (AvgIpc) is 1.55. The van der Waals surface area contributed by atoms with Crippen molar-refractivity contribution in [2.75, 3.05) is 22.9 Å². The van der Waals surface area contributed by atoms with Gasteiger partial charge in [-0.2, -0.15) is 29.1 Å². The highest BCUT2D eigenvalue weighted by Crippen LogP contribution is 2.31. The van der Waals surface area contributed by atoms with E-state index < -0.39 is 11.9 Å². The van der Waals surface area contributed by atoms with Gasteiger partial charge in [-0.3, -0.25) is 15.3 Å². The van der Waals surface area contributed by atoms with Crippen molar-refractivity contribution in [1.82, 2.24) is 70.5 Å². The molecular weight excluding hydrogens is 1260 g/mol. The summed E-state index contributed by atoms with van der Waals surface area (Å²) in [6.07, 6.45) is 12.2. The van der Waals surface area contributed by atoms with Crippen molar-refractivity contribution in [2.24, 2.45) is 0 Å². The van der Waals surface area contributed by atoms with Crippen molar-refractivity contribution in [2.45, 2.75) is 209 Å². The number of nitrogens with zero attached hydrogens (tertiary/aromatic N) is 10. The Morgan fingerprint density at radius 1 is 0.320 bits per heavy atom.